The van der Waals surface area contributed by atoms with E-state index in [0.717, 1.165) is 33.3 Å². The molecule has 4 nitrogen and oxygen atoms in total. The molecule has 0 bridgehead atoms. The molecule has 0 radical (unpaired) electrons. The second kappa shape index (κ2) is 7.16. The number of aromatic nitrogens is 1. The number of benzene rings is 2. The Balaban J connectivity index is 2.05. The first kappa shape index (κ1) is 17.9. The zero-order valence-electron chi connectivity index (χ0n) is 15.7. The van der Waals surface area contributed by atoms with E-state index in [0.29, 0.717) is 6.42 Å². The lowest BCUT2D eigenvalue weighted by Crippen LogP contribution is -2.33. The van der Waals surface area contributed by atoms with Crippen molar-refractivity contribution in [3.05, 3.63) is 75.6 Å². The Kier molecular flexibility index (Phi) is 4.94. The summed E-state index contributed by atoms with van der Waals surface area (Å²) in [6, 6.07) is 14.7. The number of rotatable bonds is 4. The number of hydrogen-bond donors (Lipinski definition) is 1. The third kappa shape index (κ3) is 3.27. The summed E-state index contributed by atoms with van der Waals surface area (Å²) in [6.07, 6.45) is 0.531. The zero-order chi connectivity index (χ0) is 18.8. The molecule has 1 unspecified atom stereocenters. The van der Waals surface area contributed by atoms with Gasteiger partial charge in [0.05, 0.1) is 5.52 Å². The summed E-state index contributed by atoms with van der Waals surface area (Å²) in [4.78, 5) is 25.7. The van der Waals surface area contributed by atoms with E-state index in [2.05, 4.69) is 5.32 Å². The van der Waals surface area contributed by atoms with E-state index in [-0.39, 0.29) is 11.5 Å². The van der Waals surface area contributed by atoms with Gasteiger partial charge < -0.3 is 5.32 Å². The normalized spacial score (nSPS) is 12.2. The fraction of sp³-hybridized carbons (Fsp3) is 0.273. The van der Waals surface area contributed by atoms with Crippen LogP contribution in [-0.2, 0) is 4.79 Å². The first-order valence-electron chi connectivity index (χ1n) is 8.91. The summed E-state index contributed by atoms with van der Waals surface area (Å²) in [7, 11) is 0. The van der Waals surface area contributed by atoms with Crippen molar-refractivity contribution in [2.24, 2.45) is 0 Å². The highest BCUT2D eigenvalue weighted by atomic mass is 16.2. The molecule has 3 rings (SSSR count). The van der Waals surface area contributed by atoms with Crippen molar-refractivity contribution in [2.45, 2.75) is 40.2 Å². The Bertz CT molecular complexity index is 1030. The molecule has 0 saturated heterocycles. The van der Waals surface area contributed by atoms with Crippen LogP contribution in [0.3, 0.4) is 0 Å². The average molecular weight is 348 g/mol. The summed E-state index contributed by atoms with van der Waals surface area (Å²) < 4.78 is 1.61. The number of para-hydroxylation sites is 1. The van der Waals surface area contributed by atoms with E-state index in [9.17, 15) is 9.59 Å². The average Bonchev–Trinajstić information content (AvgIpc) is 2.61. The molecule has 134 valence electrons. The summed E-state index contributed by atoms with van der Waals surface area (Å²) in [5.74, 6) is -0.171. The first-order valence-corrected chi connectivity index (χ1v) is 8.91. The Labute approximate surface area is 153 Å². The molecule has 0 spiro atoms. The minimum absolute atomic E-state index is 0.149. The van der Waals surface area contributed by atoms with E-state index in [1.807, 2.05) is 70.2 Å². The highest BCUT2D eigenvalue weighted by molar-refractivity contribution is 5.95. The van der Waals surface area contributed by atoms with Gasteiger partial charge in [-0.1, -0.05) is 42.8 Å². The molecule has 1 N–H and O–H groups in total. The molecule has 1 amide bonds. The number of carbonyl (C=O) groups excluding carboxylic acids is 1. The Morgan fingerprint density at radius 2 is 1.77 bits per heavy atom. The van der Waals surface area contributed by atoms with Crippen molar-refractivity contribution in [1.82, 2.24) is 4.57 Å². The van der Waals surface area contributed by atoms with Gasteiger partial charge in [-0.25, -0.2) is 0 Å². The summed E-state index contributed by atoms with van der Waals surface area (Å²) in [5.41, 5.74) is 4.50. The summed E-state index contributed by atoms with van der Waals surface area (Å²) in [6.45, 7) is 7.83. The highest BCUT2D eigenvalue weighted by Crippen LogP contribution is 2.23. The van der Waals surface area contributed by atoms with Crippen LogP contribution in [0.15, 0.2) is 53.3 Å². The van der Waals surface area contributed by atoms with Crippen molar-refractivity contribution in [2.75, 3.05) is 5.32 Å². The minimum Gasteiger partial charge on any atom is -0.324 e. The van der Waals surface area contributed by atoms with Crippen molar-refractivity contribution >= 4 is 22.5 Å². The van der Waals surface area contributed by atoms with Gasteiger partial charge in [-0.15, -0.1) is 0 Å². The lowest BCUT2D eigenvalue weighted by molar-refractivity contribution is -0.119. The van der Waals surface area contributed by atoms with Crippen LogP contribution in [0, 0.1) is 20.8 Å². The molecule has 1 aromatic heterocycles. The third-order valence-corrected chi connectivity index (χ3v) is 4.81. The van der Waals surface area contributed by atoms with Crippen LogP contribution in [0.25, 0.3) is 10.9 Å². The number of aryl methyl sites for hydroxylation is 3. The number of nitrogens with zero attached hydrogens (tertiary/aromatic N) is 1. The molecule has 1 atom stereocenters. The van der Waals surface area contributed by atoms with Crippen LogP contribution in [0.5, 0.6) is 0 Å². The molecule has 3 aromatic rings. The van der Waals surface area contributed by atoms with E-state index < -0.39 is 6.04 Å². The number of hydrogen-bond acceptors (Lipinski definition) is 2. The van der Waals surface area contributed by atoms with Gasteiger partial charge in [0.15, 0.2) is 0 Å². The minimum atomic E-state index is -0.561. The molecular weight excluding hydrogens is 324 g/mol. The number of anilines is 1. The molecule has 2 aromatic carbocycles. The summed E-state index contributed by atoms with van der Waals surface area (Å²) >= 11 is 0. The number of pyridine rings is 1. The fourth-order valence-corrected chi connectivity index (χ4v) is 3.44. The highest BCUT2D eigenvalue weighted by Gasteiger charge is 2.22. The van der Waals surface area contributed by atoms with Gasteiger partial charge in [0.1, 0.15) is 6.04 Å². The third-order valence-electron chi connectivity index (χ3n) is 4.81. The molecule has 0 saturated carbocycles. The standard InChI is InChI=1S/C22H24N2O2/c1-5-19(22(26)23-18-11-10-14(2)12-16(18)4)24-20-9-7-6-8-17(20)15(3)13-21(24)25/h6-13,19H,5H2,1-4H3,(H,23,26). The number of fused-ring (bicyclic) bond motifs is 1. The zero-order valence-corrected chi connectivity index (χ0v) is 15.7. The molecule has 0 fully saturated rings. The lowest BCUT2D eigenvalue weighted by atomic mass is 10.1. The second-order valence-corrected chi connectivity index (χ2v) is 6.78. The van der Waals surface area contributed by atoms with Crippen molar-refractivity contribution in [3.8, 4) is 0 Å². The lowest BCUT2D eigenvalue weighted by Gasteiger charge is -2.21. The molecule has 26 heavy (non-hydrogen) atoms. The SMILES string of the molecule is CCC(C(=O)Nc1ccc(C)cc1C)n1c(=O)cc(C)c2ccccc21. The van der Waals surface area contributed by atoms with Gasteiger partial charge >= 0.3 is 0 Å². The largest absolute Gasteiger partial charge is 0.324 e. The van der Waals surface area contributed by atoms with Crippen LogP contribution in [0.4, 0.5) is 5.69 Å². The first-order chi connectivity index (χ1) is 12.4. The van der Waals surface area contributed by atoms with Crippen molar-refractivity contribution in [1.29, 1.82) is 0 Å². The van der Waals surface area contributed by atoms with E-state index in [4.69, 9.17) is 0 Å². The van der Waals surface area contributed by atoms with Crippen LogP contribution in [0.2, 0.25) is 0 Å². The fourth-order valence-electron chi connectivity index (χ4n) is 3.44. The molecule has 0 aliphatic carbocycles. The van der Waals surface area contributed by atoms with E-state index >= 15 is 0 Å². The van der Waals surface area contributed by atoms with Gasteiger partial charge in [-0.2, -0.15) is 0 Å². The maximum atomic E-state index is 13.0. The second-order valence-electron chi connectivity index (χ2n) is 6.78. The molecule has 0 aliphatic heterocycles. The van der Waals surface area contributed by atoms with E-state index in [1.165, 1.54) is 0 Å². The molecule has 1 heterocycles. The predicted octanol–water partition coefficient (Wildman–Crippen LogP) is 4.52. The Hall–Kier alpha value is -2.88. The van der Waals surface area contributed by atoms with Gasteiger partial charge in [-0.3, -0.25) is 14.2 Å². The molecular formula is C22H24N2O2. The number of amides is 1. The summed E-state index contributed by atoms with van der Waals surface area (Å²) in [5, 5.41) is 3.99. The Morgan fingerprint density at radius 3 is 2.46 bits per heavy atom. The maximum absolute atomic E-state index is 13.0. The van der Waals surface area contributed by atoms with Crippen LogP contribution in [0.1, 0.15) is 36.1 Å². The van der Waals surface area contributed by atoms with Gasteiger partial charge in [0.25, 0.3) is 5.56 Å². The van der Waals surface area contributed by atoms with Crippen LogP contribution in [-0.4, -0.2) is 10.5 Å². The van der Waals surface area contributed by atoms with Crippen LogP contribution >= 0.6 is 0 Å². The molecule has 4 heteroatoms. The van der Waals surface area contributed by atoms with Crippen molar-refractivity contribution in [3.63, 3.8) is 0 Å². The number of carbonyl (C=O) groups is 1. The Morgan fingerprint density at radius 1 is 1.04 bits per heavy atom. The van der Waals surface area contributed by atoms with Crippen molar-refractivity contribution < 1.29 is 4.79 Å². The topological polar surface area (TPSA) is 51.1 Å². The smallest absolute Gasteiger partial charge is 0.252 e. The number of nitrogens with one attached hydrogen (secondary N) is 1. The predicted molar refractivity (Wildman–Crippen MR) is 107 cm³/mol. The maximum Gasteiger partial charge on any atom is 0.252 e. The monoisotopic (exact) mass is 348 g/mol. The van der Waals surface area contributed by atoms with Crippen LogP contribution < -0.4 is 10.9 Å². The molecule has 0 aliphatic rings. The van der Waals surface area contributed by atoms with E-state index in [1.54, 1.807) is 10.6 Å². The van der Waals surface area contributed by atoms with Gasteiger partial charge in [0, 0.05) is 17.1 Å². The van der Waals surface area contributed by atoms with Gasteiger partial charge in [0.2, 0.25) is 5.91 Å². The quantitative estimate of drug-likeness (QED) is 0.754. The van der Waals surface area contributed by atoms with Gasteiger partial charge in [-0.05, 0) is 50.5 Å².